The largest absolute Gasteiger partial charge is 0.348 e. The average Bonchev–Trinajstić information content (AvgIpc) is 2.02. The molecule has 3 heteroatoms. The van der Waals surface area contributed by atoms with Crippen LogP contribution in [0.25, 0.3) is 0 Å². The first-order valence-electron chi connectivity index (χ1n) is 5.04. The Morgan fingerprint density at radius 1 is 1.50 bits per heavy atom. The summed E-state index contributed by atoms with van der Waals surface area (Å²) in [4.78, 5) is 15.5. The molecule has 0 radical (unpaired) electrons. The summed E-state index contributed by atoms with van der Waals surface area (Å²) in [6.45, 7) is 8.08. The minimum atomic E-state index is -0.150. The Labute approximate surface area is 84.8 Å². The van der Waals surface area contributed by atoms with Crippen LogP contribution in [0.4, 0.5) is 0 Å². The number of aryl methyl sites for hydroxylation is 1. The van der Waals surface area contributed by atoms with Crippen molar-refractivity contribution in [2.24, 2.45) is 0 Å². The van der Waals surface area contributed by atoms with Gasteiger partial charge in [0.25, 0.3) is 0 Å². The normalized spacial score (nSPS) is 11.7. The number of nitrogens with zero attached hydrogens (tertiary/aromatic N) is 2. The molecule has 0 N–H and O–H groups in total. The molecule has 0 aliphatic rings. The molecule has 0 saturated heterocycles. The number of hydrogen-bond acceptors (Lipinski definition) is 2. The second-order valence-electron chi connectivity index (χ2n) is 4.28. The SMILES string of the molecule is CCCC(C)(C)n1ccc(C)nc1=O. The highest BCUT2D eigenvalue weighted by Crippen LogP contribution is 2.18. The Balaban J connectivity index is 3.13. The molecule has 0 aliphatic heterocycles. The van der Waals surface area contributed by atoms with Gasteiger partial charge in [0.15, 0.2) is 0 Å². The van der Waals surface area contributed by atoms with Crippen LogP contribution in [0.1, 0.15) is 39.3 Å². The van der Waals surface area contributed by atoms with Crippen molar-refractivity contribution in [3.05, 3.63) is 28.4 Å². The third kappa shape index (κ3) is 2.22. The first-order chi connectivity index (χ1) is 6.47. The lowest BCUT2D eigenvalue weighted by Gasteiger charge is -2.26. The fourth-order valence-electron chi connectivity index (χ4n) is 1.68. The van der Waals surface area contributed by atoms with E-state index < -0.39 is 0 Å². The van der Waals surface area contributed by atoms with Crippen molar-refractivity contribution in [2.75, 3.05) is 0 Å². The number of rotatable bonds is 3. The van der Waals surface area contributed by atoms with Crippen LogP contribution in [0.5, 0.6) is 0 Å². The van der Waals surface area contributed by atoms with E-state index in [9.17, 15) is 4.79 Å². The minimum absolute atomic E-state index is 0.132. The van der Waals surface area contributed by atoms with Crippen molar-refractivity contribution in [1.82, 2.24) is 9.55 Å². The minimum Gasteiger partial charge on any atom is -0.294 e. The average molecular weight is 194 g/mol. The quantitative estimate of drug-likeness (QED) is 0.738. The monoisotopic (exact) mass is 194 g/mol. The second kappa shape index (κ2) is 3.95. The van der Waals surface area contributed by atoms with Crippen LogP contribution < -0.4 is 5.69 Å². The van der Waals surface area contributed by atoms with E-state index in [1.54, 1.807) is 4.57 Å². The molecule has 1 aromatic heterocycles. The van der Waals surface area contributed by atoms with Crippen LogP contribution in [-0.4, -0.2) is 9.55 Å². The third-order valence-electron chi connectivity index (χ3n) is 2.46. The molecule has 0 bridgehead atoms. The van der Waals surface area contributed by atoms with Crippen LogP contribution in [0, 0.1) is 6.92 Å². The predicted molar refractivity (Wildman–Crippen MR) is 57.5 cm³/mol. The Kier molecular flexibility index (Phi) is 3.09. The summed E-state index contributed by atoms with van der Waals surface area (Å²) in [5, 5.41) is 0. The summed E-state index contributed by atoms with van der Waals surface area (Å²) in [5.74, 6) is 0. The molecule has 1 aromatic rings. The zero-order chi connectivity index (χ0) is 10.8. The molecule has 0 unspecified atom stereocenters. The highest BCUT2D eigenvalue weighted by atomic mass is 16.1. The molecule has 0 aromatic carbocycles. The lowest BCUT2D eigenvalue weighted by atomic mass is 9.99. The fraction of sp³-hybridized carbons (Fsp3) is 0.636. The summed E-state index contributed by atoms with van der Waals surface area (Å²) < 4.78 is 1.71. The van der Waals surface area contributed by atoms with E-state index in [0.717, 1.165) is 18.5 Å². The van der Waals surface area contributed by atoms with Crippen molar-refractivity contribution in [1.29, 1.82) is 0 Å². The van der Waals surface area contributed by atoms with Crippen LogP contribution in [0.3, 0.4) is 0 Å². The summed E-state index contributed by atoms with van der Waals surface area (Å²) >= 11 is 0. The highest BCUT2D eigenvalue weighted by molar-refractivity contribution is 4.98. The van der Waals surface area contributed by atoms with Gasteiger partial charge in [-0.2, -0.15) is 4.98 Å². The van der Waals surface area contributed by atoms with Gasteiger partial charge in [-0.3, -0.25) is 4.57 Å². The molecule has 0 aliphatic carbocycles. The van der Waals surface area contributed by atoms with E-state index in [0.29, 0.717) is 0 Å². The summed E-state index contributed by atoms with van der Waals surface area (Å²) in [6, 6.07) is 1.87. The Hall–Kier alpha value is -1.12. The molecular formula is C11H18N2O. The van der Waals surface area contributed by atoms with Crippen LogP contribution >= 0.6 is 0 Å². The van der Waals surface area contributed by atoms with Crippen molar-refractivity contribution >= 4 is 0 Å². The molecule has 0 amide bonds. The first-order valence-corrected chi connectivity index (χ1v) is 5.04. The van der Waals surface area contributed by atoms with Gasteiger partial charge in [0.05, 0.1) is 0 Å². The van der Waals surface area contributed by atoms with Crippen LogP contribution in [-0.2, 0) is 5.54 Å². The maximum atomic E-state index is 11.6. The molecule has 1 heterocycles. The Morgan fingerprint density at radius 3 is 2.64 bits per heavy atom. The maximum Gasteiger partial charge on any atom is 0.348 e. The zero-order valence-corrected chi connectivity index (χ0v) is 9.37. The Bertz CT molecular complexity index is 366. The summed E-state index contributed by atoms with van der Waals surface area (Å²) in [5.41, 5.74) is 0.494. The van der Waals surface area contributed by atoms with Crippen LogP contribution in [0.15, 0.2) is 17.1 Å². The summed E-state index contributed by atoms with van der Waals surface area (Å²) in [6.07, 6.45) is 3.88. The fourth-order valence-corrected chi connectivity index (χ4v) is 1.68. The van der Waals surface area contributed by atoms with Crippen molar-refractivity contribution in [3.63, 3.8) is 0 Å². The lowest BCUT2D eigenvalue weighted by molar-refractivity contribution is 0.309. The van der Waals surface area contributed by atoms with E-state index in [2.05, 4.69) is 25.8 Å². The number of hydrogen-bond donors (Lipinski definition) is 0. The molecule has 78 valence electrons. The maximum absolute atomic E-state index is 11.6. The molecule has 0 saturated carbocycles. The van der Waals surface area contributed by atoms with Crippen LogP contribution in [0.2, 0.25) is 0 Å². The predicted octanol–water partition coefficient (Wildman–Crippen LogP) is 2.09. The smallest absolute Gasteiger partial charge is 0.294 e. The lowest BCUT2D eigenvalue weighted by Crippen LogP contribution is -2.37. The van der Waals surface area contributed by atoms with Crippen molar-refractivity contribution in [3.8, 4) is 0 Å². The van der Waals surface area contributed by atoms with Gasteiger partial charge < -0.3 is 0 Å². The molecule has 1 rings (SSSR count). The molecule has 0 fully saturated rings. The Morgan fingerprint density at radius 2 is 2.14 bits per heavy atom. The van der Waals surface area contributed by atoms with Gasteiger partial charge in [0.2, 0.25) is 0 Å². The molecule has 0 atom stereocenters. The first kappa shape index (κ1) is 11.0. The van der Waals surface area contributed by atoms with Gasteiger partial charge in [-0.15, -0.1) is 0 Å². The standard InChI is InChI=1S/C11H18N2O/c1-5-7-11(3,4)13-8-6-9(2)12-10(13)14/h6,8H,5,7H2,1-4H3. The number of aromatic nitrogens is 2. The van der Waals surface area contributed by atoms with Gasteiger partial charge in [-0.1, -0.05) is 13.3 Å². The van der Waals surface area contributed by atoms with Gasteiger partial charge in [-0.05, 0) is 33.3 Å². The highest BCUT2D eigenvalue weighted by Gasteiger charge is 2.20. The van der Waals surface area contributed by atoms with E-state index in [4.69, 9.17) is 0 Å². The summed E-state index contributed by atoms with van der Waals surface area (Å²) in [7, 11) is 0. The van der Waals surface area contributed by atoms with E-state index in [1.807, 2.05) is 19.2 Å². The molecular weight excluding hydrogens is 176 g/mol. The van der Waals surface area contributed by atoms with E-state index in [-0.39, 0.29) is 11.2 Å². The second-order valence-corrected chi connectivity index (χ2v) is 4.28. The van der Waals surface area contributed by atoms with Gasteiger partial charge in [0.1, 0.15) is 0 Å². The van der Waals surface area contributed by atoms with E-state index >= 15 is 0 Å². The van der Waals surface area contributed by atoms with Crippen molar-refractivity contribution in [2.45, 2.75) is 46.1 Å². The van der Waals surface area contributed by atoms with Gasteiger partial charge >= 0.3 is 5.69 Å². The van der Waals surface area contributed by atoms with Crippen molar-refractivity contribution < 1.29 is 0 Å². The topological polar surface area (TPSA) is 34.9 Å². The molecule has 0 spiro atoms. The molecule has 3 nitrogen and oxygen atoms in total. The van der Waals surface area contributed by atoms with Gasteiger partial charge in [-0.25, -0.2) is 4.79 Å². The van der Waals surface area contributed by atoms with Gasteiger partial charge in [0, 0.05) is 17.4 Å². The zero-order valence-electron chi connectivity index (χ0n) is 9.37. The third-order valence-corrected chi connectivity index (χ3v) is 2.46. The molecule has 14 heavy (non-hydrogen) atoms. The van der Waals surface area contributed by atoms with E-state index in [1.165, 1.54) is 0 Å².